The van der Waals surface area contributed by atoms with E-state index in [2.05, 4.69) is 22.6 Å². The van der Waals surface area contributed by atoms with Crippen molar-refractivity contribution in [1.29, 1.82) is 0 Å². The van der Waals surface area contributed by atoms with Crippen molar-refractivity contribution in [2.24, 2.45) is 0 Å². The van der Waals surface area contributed by atoms with E-state index in [1.54, 1.807) is 69.3 Å². The van der Waals surface area contributed by atoms with Crippen molar-refractivity contribution in [2.45, 2.75) is 38.5 Å². The highest BCUT2D eigenvalue weighted by Crippen LogP contribution is 2.27. The zero-order valence-electron chi connectivity index (χ0n) is 20.6. The number of nitrogens with one attached hydrogen (secondary N) is 2. The predicted molar refractivity (Wildman–Crippen MR) is 135 cm³/mol. The number of alkyl carbamates (subject to hydrolysis) is 1. The summed E-state index contributed by atoms with van der Waals surface area (Å²) in [5.41, 5.74) is 0.192. The van der Waals surface area contributed by atoms with E-state index in [-0.39, 0.29) is 5.56 Å². The number of methoxy groups -OCH3 is 1. The maximum Gasteiger partial charge on any atom is 0.408 e. The van der Waals surface area contributed by atoms with Crippen LogP contribution in [0.5, 0.6) is 5.75 Å². The minimum Gasteiger partial charge on any atom is -0.497 e. The fraction of sp³-hybridized carbons (Fsp3) is 0.296. The van der Waals surface area contributed by atoms with Crippen LogP contribution in [-0.2, 0) is 14.3 Å². The van der Waals surface area contributed by atoms with Crippen LogP contribution in [-0.4, -0.2) is 53.3 Å². The second-order valence-corrected chi connectivity index (χ2v) is 8.57. The lowest BCUT2D eigenvalue weighted by molar-refractivity contribution is -0.137. The van der Waals surface area contributed by atoms with Gasteiger partial charge < -0.3 is 25.2 Å². The quantitative estimate of drug-likeness (QED) is 0.386. The molecule has 36 heavy (non-hydrogen) atoms. The van der Waals surface area contributed by atoms with Crippen LogP contribution in [0.2, 0.25) is 0 Å². The summed E-state index contributed by atoms with van der Waals surface area (Å²) in [6.07, 6.45) is 10.4. The first-order chi connectivity index (χ1) is 17.0. The molecule has 0 fully saturated rings. The first kappa shape index (κ1) is 27.8. The number of rotatable bonds is 8. The number of ether oxygens (including phenoxy) is 2. The van der Waals surface area contributed by atoms with Crippen LogP contribution in [0, 0.1) is 24.8 Å². The number of carbonyl (C=O) groups excluding carboxylic acids is 3. The van der Waals surface area contributed by atoms with E-state index < -0.39 is 42.2 Å². The topological polar surface area (TPSA) is 117 Å². The Kier molecular flexibility index (Phi) is 9.49. The lowest BCUT2D eigenvalue weighted by Gasteiger charge is -2.30. The number of terminal acetylenes is 2. The Bertz CT molecular complexity index is 1170. The van der Waals surface area contributed by atoms with E-state index in [1.807, 2.05) is 0 Å². The number of aliphatic hydroxyl groups is 1. The Labute approximate surface area is 210 Å². The predicted octanol–water partition coefficient (Wildman–Crippen LogP) is 2.66. The lowest BCUT2D eigenvalue weighted by Crippen LogP contribution is -2.52. The normalized spacial score (nSPS) is 12.2. The molecule has 2 rings (SSSR count). The molecule has 188 valence electrons. The number of amides is 3. The Morgan fingerprint density at radius 2 is 1.72 bits per heavy atom. The molecular formula is C27H29N3O6. The Morgan fingerprint density at radius 1 is 1.08 bits per heavy atom. The molecule has 0 saturated heterocycles. The van der Waals surface area contributed by atoms with Gasteiger partial charge in [0, 0.05) is 22.9 Å². The summed E-state index contributed by atoms with van der Waals surface area (Å²) in [7, 11) is 1.51. The van der Waals surface area contributed by atoms with Crippen molar-refractivity contribution in [3.8, 4) is 30.6 Å². The van der Waals surface area contributed by atoms with Crippen LogP contribution in [0.1, 0.15) is 37.9 Å². The third-order valence-corrected chi connectivity index (χ3v) is 4.82. The molecule has 0 aromatic heterocycles. The second-order valence-electron chi connectivity index (χ2n) is 8.57. The van der Waals surface area contributed by atoms with Gasteiger partial charge in [-0.25, -0.2) is 4.79 Å². The van der Waals surface area contributed by atoms with Gasteiger partial charge in [0.25, 0.3) is 11.8 Å². The van der Waals surface area contributed by atoms with E-state index in [9.17, 15) is 19.5 Å². The molecule has 2 unspecified atom stereocenters. The maximum atomic E-state index is 13.5. The van der Waals surface area contributed by atoms with Gasteiger partial charge in [-0.15, -0.1) is 6.42 Å². The molecule has 0 aliphatic rings. The van der Waals surface area contributed by atoms with Gasteiger partial charge in [0.15, 0.2) is 6.04 Å². The smallest absolute Gasteiger partial charge is 0.408 e. The Balaban J connectivity index is 2.45. The van der Waals surface area contributed by atoms with E-state index >= 15 is 0 Å². The van der Waals surface area contributed by atoms with Crippen molar-refractivity contribution in [2.75, 3.05) is 19.0 Å². The zero-order valence-corrected chi connectivity index (χ0v) is 20.6. The first-order valence-electron chi connectivity index (χ1n) is 10.9. The highest BCUT2D eigenvalue weighted by molar-refractivity contribution is 6.00. The van der Waals surface area contributed by atoms with Gasteiger partial charge in [0.05, 0.1) is 13.7 Å². The summed E-state index contributed by atoms with van der Waals surface area (Å²) in [5, 5.41) is 14.8. The summed E-state index contributed by atoms with van der Waals surface area (Å²) in [6.45, 7) is 4.14. The van der Waals surface area contributed by atoms with Crippen LogP contribution >= 0.6 is 0 Å². The molecule has 2 aromatic carbocycles. The SMILES string of the molecule is C#Cc1ccccc1C(C(=O)Nc1ccc(OC)cc1)N(C#C)C(=O)C(CO)NC(=O)OC(C)(C)C. The van der Waals surface area contributed by atoms with Crippen LogP contribution in [0.4, 0.5) is 10.5 Å². The number of carbonyl (C=O) groups is 3. The number of nitrogens with zero attached hydrogens (tertiary/aromatic N) is 1. The largest absolute Gasteiger partial charge is 0.497 e. The maximum absolute atomic E-state index is 13.5. The van der Waals surface area contributed by atoms with E-state index in [0.29, 0.717) is 17.0 Å². The van der Waals surface area contributed by atoms with Gasteiger partial charge in [-0.05, 0) is 51.1 Å². The summed E-state index contributed by atoms with van der Waals surface area (Å²) in [4.78, 5) is 39.9. The van der Waals surface area contributed by atoms with Crippen LogP contribution < -0.4 is 15.4 Å². The minimum atomic E-state index is -1.48. The number of hydrogen-bond acceptors (Lipinski definition) is 6. The number of anilines is 1. The van der Waals surface area contributed by atoms with Gasteiger partial charge in [-0.3, -0.25) is 14.5 Å². The summed E-state index contributed by atoms with van der Waals surface area (Å²) < 4.78 is 10.3. The van der Waals surface area contributed by atoms with Crippen molar-refractivity contribution < 1.29 is 29.0 Å². The average molecular weight is 492 g/mol. The zero-order chi connectivity index (χ0) is 26.9. The summed E-state index contributed by atoms with van der Waals surface area (Å²) >= 11 is 0. The third kappa shape index (κ3) is 7.26. The van der Waals surface area contributed by atoms with Gasteiger partial charge in [-0.2, -0.15) is 0 Å². The fourth-order valence-corrected chi connectivity index (χ4v) is 3.22. The van der Waals surface area contributed by atoms with Gasteiger partial charge in [0.1, 0.15) is 17.4 Å². The van der Waals surface area contributed by atoms with E-state index in [0.717, 1.165) is 4.90 Å². The molecule has 0 aliphatic carbocycles. The van der Waals surface area contributed by atoms with Crippen molar-refractivity contribution in [1.82, 2.24) is 10.2 Å². The lowest BCUT2D eigenvalue weighted by atomic mass is 9.98. The first-order valence-corrected chi connectivity index (χ1v) is 10.9. The molecule has 9 heteroatoms. The standard InChI is InChI=1S/C27H29N3O6/c1-7-18-11-9-10-12-21(18)23(24(32)28-19-13-15-20(35-6)16-14-19)30(8-2)25(33)22(17-31)29-26(34)36-27(3,4)5/h1-2,9-16,22-23,31H,17H2,3-6H3,(H,28,32)(H,29,34). The second kappa shape index (κ2) is 12.3. The molecule has 3 amide bonds. The molecule has 0 bridgehead atoms. The monoisotopic (exact) mass is 491 g/mol. The van der Waals surface area contributed by atoms with Gasteiger partial charge >= 0.3 is 6.09 Å². The Hall–Kier alpha value is -4.47. The molecule has 0 saturated carbocycles. The molecule has 3 N–H and O–H groups in total. The van der Waals surface area contributed by atoms with Crippen molar-refractivity contribution in [3.05, 3.63) is 59.7 Å². The number of benzene rings is 2. The van der Waals surface area contributed by atoms with Gasteiger partial charge in [-0.1, -0.05) is 30.5 Å². The minimum absolute atomic E-state index is 0.284. The summed E-state index contributed by atoms with van der Waals surface area (Å²) in [5.74, 6) is 1.50. The fourth-order valence-electron chi connectivity index (χ4n) is 3.22. The van der Waals surface area contributed by atoms with Crippen molar-refractivity contribution >= 4 is 23.6 Å². The third-order valence-electron chi connectivity index (χ3n) is 4.82. The highest BCUT2D eigenvalue weighted by Gasteiger charge is 2.36. The number of aliphatic hydroxyl groups excluding tert-OH is 1. The summed E-state index contributed by atoms with van der Waals surface area (Å²) in [6, 6.07) is 12.4. The van der Waals surface area contributed by atoms with Crippen LogP contribution in [0.15, 0.2) is 48.5 Å². The van der Waals surface area contributed by atoms with E-state index in [1.165, 1.54) is 7.11 Å². The van der Waals surface area contributed by atoms with Crippen molar-refractivity contribution in [3.63, 3.8) is 0 Å². The molecule has 2 aromatic rings. The van der Waals surface area contributed by atoms with Crippen LogP contribution in [0.25, 0.3) is 0 Å². The molecule has 9 nitrogen and oxygen atoms in total. The van der Waals surface area contributed by atoms with E-state index in [4.69, 9.17) is 22.3 Å². The van der Waals surface area contributed by atoms with Crippen LogP contribution in [0.3, 0.4) is 0 Å². The molecular weight excluding hydrogens is 462 g/mol. The molecule has 2 atom stereocenters. The molecule has 0 spiro atoms. The van der Waals surface area contributed by atoms with Gasteiger partial charge in [0.2, 0.25) is 0 Å². The number of hydrogen-bond donors (Lipinski definition) is 3. The molecule has 0 heterocycles. The Morgan fingerprint density at radius 3 is 2.25 bits per heavy atom. The molecule has 0 aliphatic heterocycles. The average Bonchev–Trinajstić information content (AvgIpc) is 2.84. The molecule has 0 radical (unpaired) electrons. The highest BCUT2D eigenvalue weighted by atomic mass is 16.6.